The number of unbranched alkanes of at least 4 members (excludes halogenated alkanes) is 19. The molecule has 1 nitrogen and oxygen atoms in total. The predicted molar refractivity (Wildman–Crippen MR) is 139 cm³/mol. The second kappa shape index (κ2) is 22.3. The Morgan fingerprint density at radius 3 is 1.23 bits per heavy atom. The van der Waals surface area contributed by atoms with Gasteiger partial charge in [0.15, 0.2) is 12.4 Å². The molecule has 0 saturated heterocycles. The summed E-state index contributed by atoms with van der Waals surface area (Å²) in [6.07, 6.45) is 35.8. The summed E-state index contributed by atoms with van der Waals surface area (Å²) >= 11 is 0. The minimum Gasteiger partial charge on any atom is -0.205 e. The second-order valence-electron chi connectivity index (χ2n) is 9.91. The third-order valence-electron chi connectivity index (χ3n) is 6.80. The molecule has 0 N–H and O–H groups in total. The SMILES string of the molecule is CCCCCCCCCCCCCCC[n+]1ccc(CCCCCCCCCC)cc1. The number of aromatic nitrogens is 1. The summed E-state index contributed by atoms with van der Waals surface area (Å²) in [5, 5.41) is 0. The van der Waals surface area contributed by atoms with E-state index in [-0.39, 0.29) is 0 Å². The van der Waals surface area contributed by atoms with Crippen LogP contribution in [0.5, 0.6) is 0 Å². The number of hydrogen-bond acceptors (Lipinski definition) is 0. The van der Waals surface area contributed by atoms with Crippen LogP contribution in [0.1, 0.15) is 154 Å². The first-order valence-electron chi connectivity index (χ1n) is 14.3. The molecule has 31 heavy (non-hydrogen) atoms. The highest BCUT2D eigenvalue weighted by Gasteiger charge is 2.02. The van der Waals surface area contributed by atoms with Gasteiger partial charge in [-0.1, -0.05) is 129 Å². The quantitative estimate of drug-likeness (QED) is 0.120. The minimum atomic E-state index is 1.19. The topological polar surface area (TPSA) is 3.88 Å². The molecule has 1 aromatic heterocycles. The van der Waals surface area contributed by atoms with Gasteiger partial charge in [-0.05, 0) is 24.8 Å². The Kier molecular flexibility index (Phi) is 20.3. The van der Waals surface area contributed by atoms with E-state index >= 15 is 0 Å². The van der Waals surface area contributed by atoms with E-state index in [1.807, 2.05) is 0 Å². The smallest absolute Gasteiger partial charge is 0.169 e. The minimum absolute atomic E-state index is 1.19. The zero-order valence-electron chi connectivity index (χ0n) is 21.5. The molecule has 0 unspecified atom stereocenters. The fraction of sp³-hybridized carbons (Fsp3) is 0.833. The maximum absolute atomic E-state index is 2.38. The van der Waals surface area contributed by atoms with Crippen molar-refractivity contribution in [1.29, 1.82) is 0 Å². The lowest BCUT2D eigenvalue weighted by Gasteiger charge is -2.03. The van der Waals surface area contributed by atoms with Crippen LogP contribution < -0.4 is 4.57 Å². The van der Waals surface area contributed by atoms with Crippen molar-refractivity contribution < 1.29 is 4.57 Å². The first-order valence-corrected chi connectivity index (χ1v) is 14.3. The van der Waals surface area contributed by atoms with Gasteiger partial charge in [0.2, 0.25) is 0 Å². The van der Waals surface area contributed by atoms with Crippen molar-refractivity contribution >= 4 is 0 Å². The van der Waals surface area contributed by atoms with Crippen molar-refractivity contribution in [2.24, 2.45) is 0 Å². The summed E-state index contributed by atoms with van der Waals surface area (Å²) < 4.78 is 2.38. The molecule has 0 saturated carbocycles. The van der Waals surface area contributed by atoms with Crippen molar-refractivity contribution in [2.45, 2.75) is 162 Å². The van der Waals surface area contributed by atoms with Gasteiger partial charge in [-0.15, -0.1) is 0 Å². The maximum Gasteiger partial charge on any atom is 0.169 e. The molecule has 1 rings (SSSR count). The lowest BCUT2D eigenvalue weighted by molar-refractivity contribution is -0.697. The summed E-state index contributed by atoms with van der Waals surface area (Å²) in [7, 11) is 0. The molecule has 0 aliphatic heterocycles. The van der Waals surface area contributed by atoms with Crippen LogP contribution in [-0.2, 0) is 13.0 Å². The van der Waals surface area contributed by atoms with Gasteiger partial charge in [-0.2, -0.15) is 0 Å². The van der Waals surface area contributed by atoms with E-state index in [1.54, 1.807) is 0 Å². The van der Waals surface area contributed by atoms with Gasteiger partial charge in [0.25, 0.3) is 0 Å². The van der Waals surface area contributed by atoms with E-state index in [1.165, 1.54) is 153 Å². The Hall–Kier alpha value is -0.850. The number of pyridine rings is 1. The molecule has 0 atom stereocenters. The predicted octanol–water partition coefficient (Wildman–Crippen LogP) is 9.75. The monoisotopic (exact) mass is 430 g/mol. The Labute approximate surface area is 196 Å². The molecule has 1 heterocycles. The molecule has 0 amide bonds. The van der Waals surface area contributed by atoms with Crippen molar-refractivity contribution in [3.63, 3.8) is 0 Å². The number of nitrogens with zero attached hydrogens (tertiary/aromatic N) is 1. The highest BCUT2D eigenvalue weighted by Crippen LogP contribution is 2.13. The van der Waals surface area contributed by atoms with E-state index in [4.69, 9.17) is 0 Å². The molecule has 0 fully saturated rings. The van der Waals surface area contributed by atoms with Crippen molar-refractivity contribution in [2.75, 3.05) is 0 Å². The molecule has 0 spiro atoms. The zero-order chi connectivity index (χ0) is 22.2. The second-order valence-corrected chi connectivity index (χ2v) is 9.91. The molecule has 1 aromatic rings. The summed E-state index contributed by atoms with van der Waals surface area (Å²) in [6.45, 7) is 5.78. The molecule has 0 radical (unpaired) electrons. The van der Waals surface area contributed by atoms with Gasteiger partial charge in [0.05, 0.1) is 0 Å². The molecule has 0 aromatic carbocycles. The normalized spacial score (nSPS) is 11.3. The number of rotatable bonds is 23. The highest BCUT2D eigenvalue weighted by molar-refractivity contribution is 5.07. The molecule has 0 aliphatic carbocycles. The van der Waals surface area contributed by atoms with E-state index in [0.29, 0.717) is 0 Å². The molecule has 180 valence electrons. The Bertz CT molecular complexity index is 464. The van der Waals surface area contributed by atoms with Gasteiger partial charge in [0, 0.05) is 18.6 Å². The first kappa shape index (κ1) is 28.2. The van der Waals surface area contributed by atoms with Crippen LogP contribution in [-0.4, -0.2) is 0 Å². The zero-order valence-corrected chi connectivity index (χ0v) is 21.5. The molecular weight excluding hydrogens is 374 g/mol. The van der Waals surface area contributed by atoms with Crippen molar-refractivity contribution in [3.8, 4) is 0 Å². The van der Waals surface area contributed by atoms with E-state index < -0.39 is 0 Å². The average molecular weight is 431 g/mol. The third-order valence-corrected chi connectivity index (χ3v) is 6.80. The third kappa shape index (κ3) is 18.4. The number of hydrogen-bond donors (Lipinski definition) is 0. The molecular formula is C30H56N+. The highest BCUT2D eigenvalue weighted by atomic mass is 14.9. The lowest BCUT2D eigenvalue weighted by atomic mass is 10.0. The first-order chi connectivity index (χ1) is 15.4. The maximum atomic E-state index is 2.38. The van der Waals surface area contributed by atoms with Crippen molar-refractivity contribution in [3.05, 3.63) is 30.1 Å². The Balaban J connectivity index is 1.89. The van der Waals surface area contributed by atoms with Gasteiger partial charge in [-0.3, -0.25) is 0 Å². The number of aryl methyl sites for hydroxylation is 2. The summed E-state index contributed by atoms with van der Waals surface area (Å²) in [6, 6.07) is 4.70. The largest absolute Gasteiger partial charge is 0.205 e. The standard InChI is InChI=1S/C30H56N/c1-3-5-7-9-11-13-14-15-16-17-19-21-23-27-31-28-25-30(26-29-31)24-22-20-18-12-10-8-6-4-2/h25-26,28-29H,3-24,27H2,1-2H3/q+1. The Morgan fingerprint density at radius 1 is 0.452 bits per heavy atom. The summed E-state index contributed by atoms with van der Waals surface area (Å²) in [5.74, 6) is 0. The van der Waals surface area contributed by atoms with Gasteiger partial charge in [0.1, 0.15) is 6.54 Å². The average Bonchev–Trinajstić information content (AvgIpc) is 2.79. The lowest BCUT2D eigenvalue weighted by Crippen LogP contribution is -2.32. The molecule has 1 heteroatoms. The van der Waals surface area contributed by atoms with E-state index in [9.17, 15) is 0 Å². The van der Waals surface area contributed by atoms with E-state index in [2.05, 4.69) is 42.9 Å². The summed E-state index contributed by atoms with van der Waals surface area (Å²) in [5.41, 5.74) is 1.52. The van der Waals surface area contributed by atoms with Crippen molar-refractivity contribution in [1.82, 2.24) is 0 Å². The van der Waals surface area contributed by atoms with Gasteiger partial charge in [-0.25, -0.2) is 4.57 Å². The van der Waals surface area contributed by atoms with Gasteiger partial charge >= 0.3 is 0 Å². The van der Waals surface area contributed by atoms with Crippen LogP contribution in [0.4, 0.5) is 0 Å². The van der Waals surface area contributed by atoms with Crippen LogP contribution in [0, 0.1) is 0 Å². The fourth-order valence-corrected chi connectivity index (χ4v) is 4.58. The summed E-state index contributed by atoms with van der Waals surface area (Å²) in [4.78, 5) is 0. The molecule has 0 aliphatic rings. The van der Waals surface area contributed by atoms with Gasteiger partial charge < -0.3 is 0 Å². The van der Waals surface area contributed by atoms with Crippen LogP contribution in [0.3, 0.4) is 0 Å². The Morgan fingerprint density at radius 2 is 0.806 bits per heavy atom. The van der Waals surface area contributed by atoms with Crippen LogP contribution >= 0.6 is 0 Å². The molecule has 0 bridgehead atoms. The van der Waals surface area contributed by atoms with Crippen LogP contribution in [0.15, 0.2) is 24.5 Å². The fourth-order valence-electron chi connectivity index (χ4n) is 4.58. The van der Waals surface area contributed by atoms with Crippen LogP contribution in [0.2, 0.25) is 0 Å². The van der Waals surface area contributed by atoms with E-state index in [0.717, 1.165) is 0 Å². The van der Waals surface area contributed by atoms with Crippen LogP contribution in [0.25, 0.3) is 0 Å².